The number of ether oxygens (including phenoxy) is 4. The summed E-state index contributed by atoms with van der Waals surface area (Å²) in [6.45, 7) is 12.0. The number of aliphatic hydroxyl groups is 1. The average molecular weight is 1550 g/mol. The summed E-state index contributed by atoms with van der Waals surface area (Å²) in [5, 5.41) is 10.7. The van der Waals surface area contributed by atoms with E-state index >= 15 is 0 Å². The van der Waals surface area contributed by atoms with Gasteiger partial charge in [0.2, 0.25) is 0 Å². The monoisotopic (exact) mass is 1550 g/mol. The van der Waals surface area contributed by atoms with E-state index in [0.717, 1.165) is 108 Å². The fourth-order valence-electron chi connectivity index (χ4n) is 13.5. The second kappa shape index (κ2) is 77.0. The molecule has 3 unspecified atom stereocenters. The number of phosphoric acid groups is 2. The van der Waals surface area contributed by atoms with Crippen LogP contribution in [0.5, 0.6) is 0 Å². The average Bonchev–Trinajstić information content (AvgIpc) is 0.888. The lowest BCUT2D eigenvalue weighted by molar-refractivity contribution is -0.161. The van der Waals surface area contributed by atoms with Crippen LogP contribution in [0.3, 0.4) is 0 Å². The molecule has 0 aliphatic heterocycles. The maximum atomic E-state index is 13.2. The molecule has 0 aromatic carbocycles. The third kappa shape index (κ3) is 78.7. The summed E-state index contributed by atoms with van der Waals surface area (Å²) < 4.78 is 68.9. The molecular weight excluding hydrogens is 1380 g/mol. The van der Waals surface area contributed by atoms with Gasteiger partial charge in [0.15, 0.2) is 12.2 Å². The second-order valence-corrected chi connectivity index (χ2v) is 35.4. The topological polar surface area (TPSA) is 237 Å². The molecule has 0 aliphatic rings. The van der Waals surface area contributed by atoms with Gasteiger partial charge in [0.25, 0.3) is 0 Å². The number of esters is 4. The van der Waals surface area contributed by atoms with E-state index < -0.39 is 97.5 Å². The van der Waals surface area contributed by atoms with Gasteiger partial charge in [0, 0.05) is 25.7 Å². The quantitative estimate of drug-likeness (QED) is 0.0222. The van der Waals surface area contributed by atoms with Crippen molar-refractivity contribution in [2.24, 2.45) is 17.8 Å². The minimum absolute atomic E-state index is 0.107. The molecule has 0 saturated carbocycles. The lowest BCUT2D eigenvalue weighted by atomic mass is 9.99. The van der Waals surface area contributed by atoms with Crippen molar-refractivity contribution in [1.82, 2.24) is 0 Å². The van der Waals surface area contributed by atoms with E-state index in [1.54, 1.807) is 0 Å². The maximum Gasteiger partial charge on any atom is 0.472 e. The number of hydrogen-bond donors (Lipinski definition) is 3. The Morgan fingerprint density at radius 3 is 0.717 bits per heavy atom. The number of unbranched alkanes of at least 4 members (excludes halogenated alkanes) is 52. The van der Waals surface area contributed by atoms with E-state index in [4.69, 9.17) is 37.0 Å². The molecule has 3 N–H and O–H groups in total. The van der Waals surface area contributed by atoms with Crippen molar-refractivity contribution < 1.29 is 80.2 Å². The normalized spacial score (nSPS) is 14.1. The third-order valence-corrected chi connectivity index (χ3v) is 22.6. The number of carbonyl (C=O) groups is 4. The summed E-state index contributed by atoms with van der Waals surface area (Å²) >= 11 is 0. The zero-order valence-electron chi connectivity index (χ0n) is 69.9. The molecule has 0 spiro atoms. The maximum absolute atomic E-state index is 13.2. The molecule has 0 aliphatic carbocycles. The SMILES string of the molecule is CCCCCCCCCCCCCCCCCCCC(=O)OC[C@H](COP(=O)(O)OC[C@@H](O)COP(=O)(O)OC[C@@H](COC(=O)CCCCCCCCCCC(C)C)OC(=O)CCCCCCCCCCCCCCCC(C)C)OC(=O)CCCCCCCCCCCCCCCCCCCCC(C)CC. The second-order valence-electron chi connectivity index (χ2n) is 32.5. The van der Waals surface area contributed by atoms with Gasteiger partial charge in [0.1, 0.15) is 19.3 Å². The van der Waals surface area contributed by atoms with E-state index in [1.807, 2.05) is 0 Å². The Morgan fingerprint density at radius 2 is 0.481 bits per heavy atom. The van der Waals surface area contributed by atoms with E-state index in [9.17, 15) is 43.2 Å². The van der Waals surface area contributed by atoms with Crippen LogP contribution in [0.1, 0.15) is 459 Å². The first-order valence-corrected chi connectivity index (χ1v) is 47.9. The van der Waals surface area contributed by atoms with Crippen LogP contribution in [-0.4, -0.2) is 96.7 Å². The molecule has 17 nitrogen and oxygen atoms in total. The van der Waals surface area contributed by atoms with Crippen molar-refractivity contribution in [2.45, 2.75) is 478 Å². The molecule has 0 radical (unpaired) electrons. The summed E-state index contributed by atoms with van der Waals surface area (Å²) in [5.41, 5.74) is 0. The largest absolute Gasteiger partial charge is 0.472 e. The molecule has 0 fully saturated rings. The fraction of sp³-hybridized carbons (Fsp3) is 0.954. The van der Waals surface area contributed by atoms with Gasteiger partial charge in [-0.05, 0) is 43.4 Å². The Balaban J connectivity index is 5.24. The fourth-order valence-corrected chi connectivity index (χ4v) is 15.1. The lowest BCUT2D eigenvalue weighted by Crippen LogP contribution is -2.30. The Labute approximate surface area is 651 Å². The minimum Gasteiger partial charge on any atom is -0.462 e. The number of rotatable bonds is 85. The Kier molecular flexibility index (Phi) is 75.6. The van der Waals surface area contributed by atoms with Crippen LogP contribution in [0, 0.1) is 17.8 Å². The van der Waals surface area contributed by atoms with Crippen LogP contribution in [-0.2, 0) is 65.4 Å². The van der Waals surface area contributed by atoms with Crippen LogP contribution in [0.25, 0.3) is 0 Å². The van der Waals surface area contributed by atoms with Crippen LogP contribution in [0.15, 0.2) is 0 Å². The van der Waals surface area contributed by atoms with Crippen LogP contribution in [0.2, 0.25) is 0 Å². The van der Waals surface area contributed by atoms with Gasteiger partial charge in [-0.2, -0.15) is 0 Å². The number of phosphoric ester groups is 2. The van der Waals surface area contributed by atoms with Crippen LogP contribution >= 0.6 is 15.6 Å². The highest BCUT2D eigenvalue weighted by Crippen LogP contribution is 2.45. The first-order valence-electron chi connectivity index (χ1n) is 44.9. The molecule has 0 amide bonds. The smallest absolute Gasteiger partial charge is 0.462 e. The van der Waals surface area contributed by atoms with E-state index in [1.165, 1.54) is 270 Å². The molecule has 6 atom stereocenters. The van der Waals surface area contributed by atoms with Gasteiger partial charge in [-0.25, -0.2) is 9.13 Å². The molecule has 19 heteroatoms. The summed E-state index contributed by atoms with van der Waals surface area (Å²) in [7, 11) is -9.93. The molecule has 0 saturated heterocycles. The van der Waals surface area contributed by atoms with Crippen molar-refractivity contribution in [3.05, 3.63) is 0 Å². The molecular formula is C87H170O17P2. The number of aliphatic hydroxyl groups excluding tert-OH is 1. The zero-order valence-corrected chi connectivity index (χ0v) is 71.7. The van der Waals surface area contributed by atoms with Gasteiger partial charge in [-0.3, -0.25) is 37.3 Å². The van der Waals surface area contributed by atoms with E-state index in [0.29, 0.717) is 25.7 Å². The Hall–Kier alpha value is -1.94. The Morgan fingerprint density at radius 1 is 0.274 bits per heavy atom. The number of hydrogen-bond acceptors (Lipinski definition) is 15. The van der Waals surface area contributed by atoms with Gasteiger partial charge in [-0.15, -0.1) is 0 Å². The van der Waals surface area contributed by atoms with Crippen LogP contribution < -0.4 is 0 Å². The van der Waals surface area contributed by atoms with E-state index in [-0.39, 0.29) is 25.7 Å². The first kappa shape index (κ1) is 104. The molecule has 630 valence electrons. The van der Waals surface area contributed by atoms with Gasteiger partial charge in [-0.1, -0.05) is 408 Å². The van der Waals surface area contributed by atoms with Gasteiger partial charge in [0.05, 0.1) is 26.4 Å². The Bertz CT molecular complexity index is 2050. The third-order valence-electron chi connectivity index (χ3n) is 20.7. The molecule has 0 aromatic rings. The molecule has 0 rings (SSSR count). The van der Waals surface area contributed by atoms with Crippen molar-refractivity contribution in [2.75, 3.05) is 39.6 Å². The molecule has 106 heavy (non-hydrogen) atoms. The highest BCUT2D eigenvalue weighted by atomic mass is 31.2. The van der Waals surface area contributed by atoms with Crippen molar-refractivity contribution in [3.63, 3.8) is 0 Å². The number of carbonyl (C=O) groups excluding carboxylic acids is 4. The van der Waals surface area contributed by atoms with Gasteiger partial charge < -0.3 is 33.8 Å². The van der Waals surface area contributed by atoms with Crippen LogP contribution in [0.4, 0.5) is 0 Å². The summed E-state index contributed by atoms with van der Waals surface area (Å²) in [6.07, 6.45) is 68.0. The molecule has 0 heterocycles. The van der Waals surface area contributed by atoms with Gasteiger partial charge >= 0.3 is 39.5 Å². The molecule has 0 aromatic heterocycles. The minimum atomic E-state index is -4.97. The summed E-state index contributed by atoms with van der Waals surface area (Å²) in [6, 6.07) is 0. The predicted molar refractivity (Wildman–Crippen MR) is 437 cm³/mol. The lowest BCUT2D eigenvalue weighted by Gasteiger charge is -2.21. The molecule has 0 bridgehead atoms. The van der Waals surface area contributed by atoms with Crippen molar-refractivity contribution >= 4 is 39.5 Å². The van der Waals surface area contributed by atoms with Crippen molar-refractivity contribution in [3.8, 4) is 0 Å². The highest BCUT2D eigenvalue weighted by Gasteiger charge is 2.31. The zero-order chi connectivity index (χ0) is 77.9. The van der Waals surface area contributed by atoms with E-state index in [2.05, 4.69) is 48.5 Å². The highest BCUT2D eigenvalue weighted by molar-refractivity contribution is 7.47. The standard InChI is InChI=1S/C87H170O17P2/c1-8-10-11-12-13-14-15-16-17-20-24-29-34-39-47-54-61-68-84(89)97-74-82(103-86(91)70-63-56-49-40-35-30-25-22-19-18-21-23-28-33-38-46-53-60-67-80(7)9-2)76-101-105(93,94)99-72-81(88)73-100-106(95,96)102-77-83(75-98-85(90)69-62-55-48-43-42-45-52-59-66-79(5)6)104-87(92)71-64-57-50-41-36-31-26-27-32-37-44-51-58-65-78(3)4/h78-83,88H,8-77H2,1-7H3,(H,93,94)(H,95,96)/t80?,81-,82-,83-/m1/s1. The first-order chi connectivity index (χ1) is 51.3. The summed E-state index contributed by atoms with van der Waals surface area (Å²) in [5.74, 6) is 0.280. The predicted octanol–water partition coefficient (Wildman–Crippen LogP) is 26.5. The van der Waals surface area contributed by atoms with Crippen molar-refractivity contribution in [1.29, 1.82) is 0 Å². The summed E-state index contributed by atoms with van der Waals surface area (Å²) in [4.78, 5) is 73.3.